The zero-order valence-electron chi connectivity index (χ0n) is 15.6. The lowest BCUT2D eigenvalue weighted by atomic mass is 10.2. The monoisotopic (exact) mass is 364 g/mol. The zero-order chi connectivity index (χ0) is 18.4. The Hall–Kier alpha value is -1.86. The molecule has 7 heteroatoms. The van der Waals surface area contributed by atoms with Crippen molar-refractivity contribution in [1.29, 1.82) is 0 Å². The SMILES string of the molecule is CN=C(NCC(C)Oc1cccc(F)c1)NCC1CN2CCCC2CO1. The van der Waals surface area contributed by atoms with Crippen LogP contribution in [0.2, 0.25) is 0 Å². The van der Waals surface area contributed by atoms with Gasteiger partial charge in [-0.05, 0) is 38.4 Å². The van der Waals surface area contributed by atoms with Gasteiger partial charge in [0.1, 0.15) is 17.7 Å². The van der Waals surface area contributed by atoms with E-state index >= 15 is 0 Å². The quantitative estimate of drug-likeness (QED) is 0.593. The molecule has 0 radical (unpaired) electrons. The van der Waals surface area contributed by atoms with Crippen LogP contribution in [0.1, 0.15) is 19.8 Å². The molecular formula is C19H29FN4O2. The molecule has 26 heavy (non-hydrogen) atoms. The molecule has 6 nitrogen and oxygen atoms in total. The zero-order valence-corrected chi connectivity index (χ0v) is 15.6. The van der Waals surface area contributed by atoms with E-state index in [1.54, 1.807) is 19.2 Å². The van der Waals surface area contributed by atoms with E-state index in [0.717, 1.165) is 19.7 Å². The summed E-state index contributed by atoms with van der Waals surface area (Å²) in [4.78, 5) is 6.77. The number of halogens is 1. The summed E-state index contributed by atoms with van der Waals surface area (Å²) >= 11 is 0. The van der Waals surface area contributed by atoms with Crippen LogP contribution in [0.4, 0.5) is 4.39 Å². The Bertz CT molecular complexity index is 613. The molecule has 0 spiro atoms. The first-order valence-corrected chi connectivity index (χ1v) is 9.36. The first-order valence-electron chi connectivity index (χ1n) is 9.36. The van der Waals surface area contributed by atoms with Crippen molar-refractivity contribution in [3.63, 3.8) is 0 Å². The topological polar surface area (TPSA) is 58.1 Å². The minimum absolute atomic E-state index is 0.119. The highest BCUT2D eigenvalue weighted by Crippen LogP contribution is 2.22. The Morgan fingerprint density at radius 3 is 3.15 bits per heavy atom. The smallest absolute Gasteiger partial charge is 0.191 e. The van der Waals surface area contributed by atoms with Crippen molar-refractivity contribution < 1.29 is 13.9 Å². The first-order chi connectivity index (χ1) is 12.6. The lowest BCUT2D eigenvalue weighted by molar-refractivity contribution is -0.0453. The van der Waals surface area contributed by atoms with Crippen molar-refractivity contribution >= 4 is 5.96 Å². The largest absolute Gasteiger partial charge is 0.489 e. The molecule has 3 unspecified atom stereocenters. The number of guanidine groups is 1. The number of fused-ring (bicyclic) bond motifs is 1. The summed E-state index contributed by atoms with van der Waals surface area (Å²) in [5, 5.41) is 6.56. The molecule has 144 valence electrons. The van der Waals surface area contributed by atoms with E-state index in [1.165, 1.54) is 31.5 Å². The van der Waals surface area contributed by atoms with E-state index in [-0.39, 0.29) is 18.0 Å². The van der Waals surface area contributed by atoms with Crippen molar-refractivity contribution in [1.82, 2.24) is 15.5 Å². The molecular weight excluding hydrogens is 335 g/mol. The maximum atomic E-state index is 13.2. The Labute approximate surface area is 154 Å². The molecule has 0 amide bonds. The van der Waals surface area contributed by atoms with Gasteiger partial charge in [-0.15, -0.1) is 0 Å². The molecule has 2 heterocycles. The second-order valence-electron chi connectivity index (χ2n) is 6.97. The average Bonchev–Trinajstić information content (AvgIpc) is 3.09. The fourth-order valence-electron chi connectivity index (χ4n) is 3.49. The van der Waals surface area contributed by atoms with Gasteiger partial charge in [-0.25, -0.2) is 4.39 Å². The summed E-state index contributed by atoms with van der Waals surface area (Å²) < 4.78 is 24.9. The number of hydrogen-bond donors (Lipinski definition) is 2. The maximum Gasteiger partial charge on any atom is 0.191 e. The van der Waals surface area contributed by atoms with Gasteiger partial charge in [-0.2, -0.15) is 0 Å². The van der Waals surface area contributed by atoms with Crippen molar-refractivity contribution in [3.8, 4) is 5.75 Å². The molecule has 0 aliphatic carbocycles. The molecule has 3 atom stereocenters. The van der Waals surface area contributed by atoms with Crippen molar-refractivity contribution in [2.45, 2.75) is 38.0 Å². The number of aliphatic imine (C=N–C) groups is 1. The van der Waals surface area contributed by atoms with Crippen LogP contribution < -0.4 is 15.4 Å². The third-order valence-electron chi connectivity index (χ3n) is 4.87. The Balaban J connectivity index is 1.37. The number of nitrogens with one attached hydrogen (secondary N) is 2. The summed E-state index contributed by atoms with van der Waals surface area (Å²) in [6.07, 6.45) is 2.60. The molecule has 2 saturated heterocycles. The predicted octanol–water partition coefficient (Wildman–Crippen LogP) is 1.62. The number of rotatable bonds is 6. The molecule has 2 fully saturated rings. The molecule has 1 aromatic carbocycles. The van der Waals surface area contributed by atoms with Gasteiger partial charge in [0.2, 0.25) is 0 Å². The van der Waals surface area contributed by atoms with Gasteiger partial charge < -0.3 is 20.1 Å². The Kier molecular flexibility index (Phi) is 6.68. The number of benzene rings is 1. The fourth-order valence-corrected chi connectivity index (χ4v) is 3.49. The van der Waals surface area contributed by atoms with Crippen LogP contribution >= 0.6 is 0 Å². The highest BCUT2D eigenvalue weighted by atomic mass is 19.1. The van der Waals surface area contributed by atoms with Gasteiger partial charge in [0.25, 0.3) is 0 Å². The van der Waals surface area contributed by atoms with Crippen LogP contribution in [0.3, 0.4) is 0 Å². The van der Waals surface area contributed by atoms with Crippen LogP contribution in [-0.2, 0) is 4.74 Å². The van der Waals surface area contributed by atoms with E-state index in [9.17, 15) is 4.39 Å². The third kappa shape index (κ3) is 5.32. The normalized spacial score (nSPS) is 24.8. The Morgan fingerprint density at radius 2 is 2.35 bits per heavy atom. The third-order valence-corrected chi connectivity index (χ3v) is 4.87. The van der Waals surface area contributed by atoms with E-state index in [0.29, 0.717) is 24.3 Å². The van der Waals surface area contributed by atoms with Gasteiger partial charge in [0.15, 0.2) is 5.96 Å². The second-order valence-corrected chi connectivity index (χ2v) is 6.97. The summed E-state index contributed by atoms with van der Waals surface area (Å²) in [5.41, 5.74) is 0. The molecule has 0 bridgehead atoms. The van der Waals surface area contributed by atoms with Crippen LogP contribution in [0.5, 0.6) is 5.75 Å². The summed E-state index contributed by atoms with van der Waals surface area (Å²) in [6.45, 7) is 6.22. The van der Waals surface area contributed by atoms with Crippen LogP contribution in [-0.4, -0.2) is 68.9 Å². The number of morpholine rings is 1. The lowest BCUT2D eigenvalue weighted by Crippen LogP contribution is -2.51. The van der Waals surface area contributed by atoms with Crippen LogP contribution in [0.25, 0.3) is 0 Å². The van der Waals surface area contributed by atoms with Gasteiger partial charge in [-0.1, -0.05) is 6.07 Å². The molecule has 2 N–H and O–H groups in total. The van der Waals surface area contributed by atoms with Crippen molar-refractivity contribution in [3.05, 3.63) is 30.1 Å². The Morgan fingerprint density at radius 1 is 1.46 bits per heavy atom. The van der Waals surface area contributed by atoms with Gasteiger partial charge in [0, 0.05) is 32.2 Å². The highest BCUT2D eigenvalue weighted by Gasteiger charge is 2.32. The van der Waals surface area contributed by atoms with Crippen LogP contribution in [0, 0.1) is 5.82 Å². The number of ether oxygens (including phenoxy) is 2. The molecule has 1 aromatic rings. The standard InChI is InChI=1S/C19H29FN4O2/c1-14(26-17-7-3-5-15(20)9-17)10-22-19(21-2)23-11-18-12-24-8-4-6-16(24)13-25-18/h3,5,7,9,14,16,18H,4,6,8,10-13H2,1-2H3,(H2,21,22,23). The van der Waals surface area contributed by atoms with E-state index in [4.69, 9.17) is 9.47 Å². The molecule has 0 aromatic heterocycles. The lowest BCUT2D eigenvalue weighted by Gasteiger charge is -2.35. The molecule has 2 aliphatic rings. The summed E-state index contributed by atoms with van der Waals surface area (Å²) in [5.74, 6) is 0.942. The van der Waals surface area contributed by atoms with Gasteiger partial charge >= 0.3 is 0 Å². The molecule has 2 aliphatic heterocycles. The highest BCUT2D eigenvalue weighted by molar-refractivity contribution is 5.79. The second kappa shape index (κ2) is 9.19. The molecule has 0 saturated carbocycles. The van der Waals surface area contributed by atoms with Gasteiger partial charge in [-0.3, -0.25) is 9.89 Å². The average molecular weight is 364 g/mol. The summed E-state index contributed by atoms with van der Waals surface area (Å²) in [7, 11) is 1.74. The minimum Gasteiger partial charge on any atom is -0.489 e. The van der Waals surface area contributed by atoms with Crippen LogP contribution in [0.15, 0.2) is 29.3 Å². The van der Waals surface area contributed by atoms with Gasteiger partial charge in [0.05, 0.1) is 19.3 Å². The number of hydrogen-bond acceptors (Lipinski definition) is 4. The van der Waals surface area contributed by atoms with E-state index in [1.807, 2.05) is 6.92 Å². The summed E-state index contributed by atoms with van der Waals surface area (Å²) in [6, 6.07) is 6.79. The first kappa shape index (κ1) is 18.9. The van der Waals surface area contributed by atoms with E-state index in [2.05, 4.69) is 20.5 Å². The predicted molar refractivity (Wildman–Crippen MR) is 100 cm³/mol. The number of nitrogens with zero attached hydrogens (tertiary/aromatic N) is 2. The maximum absolute atomic E-state index is 13.2. The van der Waals surface area contributed by atoms with E-state index < -0.39 is 0 Å². The van der Waals surface area contributed by atoms with Crippen molar-refractivity contribution in [2.24, 2.45) is 4.99 Å². The molecule has 3 rings (SSSR count). The van der Waals surface area contributed by atoms with Crippen molar-refractivity contribution in [2.75, 3.05) is 39.8 Å². The minimum atomic E-state index is -0.298. The fraction of sp³-hybridized carbons (Fsp3) is 0.632.